The van der Waals surface area contributed by atoms with Crippen LogP contribution in [-0.4, -0.2) is 31.0 Å². The van der Waals surface area contributed by atoms with Gasteiger partial charge in [0.2, 0.25) is 0 Å². The van der Waals surface area contributed by atoms with E-state index in [1.165, 1.54) is 23.0 Å². The quantitative estimate of drug-likeness (QED) is 0.462. The Morgan fingerprint density at radius 2 is 2.03 bits per heavy atom. The van der Waals surface area contributed by atoms with Crippen LogP contribution in [0.25, 0.3) is 22.5 Å². The van der Waals surface area contributed by atoms with Crippen molar-refractivity contribution >= 4 is 5.82 Å². The van der Waals surface area contributed by atoms with E-state index in [1.807, 2.05) is 6.20 Å². The van der Waals surface area contributed by atoms with Crippen LogP contribution in [0.2, 0.25) is 0 Å². The first-order valence-corrected chi connectivity index (χ1v) is 10.8. The van der Waals surface area contributed by atoms with Crippen molar-refractivity contribution in [3.63, 3.8) is 0 Å². The van der Waals surface area contributed by atoms with Gasteiger partial charge in [0.1, 0.15) is 18.5 Å². The van der Waals surface area contributed by atoms with Crippen LogP contribution in [0.3, 0.4) is 0 Å². The minimum atomic E-state index is -2.59. The van der Waals surface area contributed by atoms with Gasteiger partial charge in [0, 0.05) is 53.7 Å². The Hall–Kier alpha value is -3.82. The van der Waals surface area contributed by atoms with E-state index >= 15 is 0 Å². The first-order chi connectivity index (χ1) is 16.2. The monoisotopic (exact) mass is 468 g/mol. The number of nitrogen functional groups attached to an aromatic ring is 1. The molecule has 0 spiro atoms. The second-order valence-corrected chi connectivity index (χ2v) is 8.44. The Balaban J connectivity index is 1.81. The average molecular weight is 468 g/mol. The summed E-state index contributed by atoms with van der Waals surface area (Å²) in [5.41, 5.74) is 11.4. The topological polar surface area (TPSA) is 83.8 Å². The van der Waals surface area contributed by atoms with Gasteiger partial charge in [0.25, 0.3) is 6.43 Å². The Bertz CT molecular complexity index is 1390. The summed E-state index contributed by atoms with van der Waals surface area (Å²) in [6.07, 6.45) is 0.613. The number of aryl methyl sites for hydroxylation is 2. The SMILES string of the molecule is Cc1nn(CC(F)F)c2c1Cc1cn(C)nc1-c1ccc(F)cc1[C@@H](C)Oc1cc-2cnc1N. The van der Waals surface area contributed by atoms with Crippen molar-refractivity contribution in [1.82, 2.24) is 24.5 Å². The van der Waals surface area contributed by atoms with E-state index in [1.54, 1.807) is 37.7 Å². The third-order valence-corrected chi connectivity index (χ3v) is 6.00. The minimum Gasteiger partial charge on any atom is -0.482 e. The largest absolute Gasteiger partial charge is 0.482 e. The fourth-order valence-electron chi connectivity index (χ4n) is 4.52. The number of rotatable bonds is 2. The van der Waals surface area contributed by atoms with Gasteiger partial charge in [-0.1, -0.05) is 0 Å². The van der Waals surface area contributed by atoms with Gasteiger partial charge in [0.05, 0.1) is 17.1 Å². The third kappa shape index (κ3) is 3.78. The molecule has 1 aliphatic heterocycles. The average Bonchev–Trinajstić information content (AvgIpc) is 3.27. The molecule has 0 aliphatic carbocycles. The predicted molar refractivity (Wildman–Crippen MR) is 121 cm³/mol. The summed E-state index contributed by atoms with van der Waals surface area (Å²) in [4.78, 5) is 4.25. The number of hydrogen-bond acceptors (Lipinski definition) is 5. The second kappa shape index (κ2) is 8.19. The molecule has 2 N–H and O–H groups in total. The molecule has 0 radical (unpaired) electrons. The molecule has 7 nitrogen and oxygen atoms in total. The predicted octanol–water partition coefficient (Wildman–Crippen LogP) is 4.68. The van der Waals surface area contributed by atoms with Gasteiger partial charge in [-0.3, -0.25) is 9.36 Å². The zero-order valence-corrected chi connectivity index (χ0v) is 18.9. The third-order valence-electron chi connectivity index (χ3n) is 6.00. The number of aromatic nitrogens is 5. The van der Waals surface area contributed by atoms with Crippen molar-refractivity contribution in [2.75, 3.05) is 5.73 Å². The number of ether oxygens (including phenoxy) is 1. The maximum atomic E-state index is 14.3. The molecule has 3 aromatic heterocycles. The lowest BCUT2D eigenvalue weighted by molar-refractivity contribution is 0.122. The molecular formula is C24H23F3N6O. The smallest absolute Gasteiger partial charge is 0.257 e. The highest BCUT2D eigenvalue weighted by Gasteiger charge is 2.26. The number of hydrogen-bond donors (Lipinski definition) is 1. The highest BCUT2D eigenvalue weighted by Crippen LogP contribution is 2.39. The molecular weight excluding hydrogens is 445 g/mol. The molecule has 4 heterocycles. The fraction of sp³-hybridized carbons (Fsp3) is 0.292. The van der Waals surface area contributed by atoms with E-state index in [-0.39, 0.29) is 11.6 Å². The highest BCUT2D eigenvalue weighted by molar-refractivity contribution is 5.72. The van der Waals surface area contributed by atoms with Gasteiger partial charge in [-0.25, -0.2) is 18.2 Å². The van der Waals surface area contributed by atoms with Crippen LogP contribution >= 0.6 is 0 Å². The Morgan fingerprint density at radius 3 is 2.79 bits per heavy atom. The van der Waals surface area contributed by atoms with Crippen molar-refractivity contribution in [3.8, 4) is 28.3 Å². The number of anilines is 1. The van der Waals surface area contributed by atoms with Gasteiger partial charge in [-0.05, 0) is 38.1 Å². The Labute approximate surface area is 194 Å². The van der Waals surface area contributed by atoms with Crippen molar-refractivity contribution in [2.24, 2.45) is 7.05 Å². The van der Waals surface area contributed by atoms with Crippen LogP contribution in [0.4, 0.5) is 19.0 Å². The van der Waals surface area contributed by atoms with E-state index in [4.69, 9.17) is 10.5 Å². The molecule has 10 heteroatoms. The van der Waals surface area contributed by atoms with Crippen LogP contribution in [0.15, 0.2) is 36.7 Å². The molecule has 1 aliphatic rings. The highest BCUT2D eigenvalue weighted by atomic mass is 19.3. The Kier molecular flexibility index (Phi) is 5.30. The van der Waals surface area contributed by atoms with Gasteiger partial charge in [-0.15, -0.1) is 0 Å². The summed E-state index contributed by atoms with van der Waals surface area (Å²) >= 11 is 0. The van der Waals surface area contributed by atoms with Crippen LogP contribution in [0.5, 0.6) is 5.75 Å². The van der Waals surface area contributed by atoms with Crippen LogP contribution in [-0.2, 0) is 20.0 Å². The van der Waals surface area contributed by atoms with E-state index in [0.717, 1.165) is 11.1 Å². The van der Waals surface area contributed by atoms with E-state index in [2.05, 4.69) is 15.2 Å². The van der Waals surface area contributed by atoms with Gasteiger partial charge in [-0.2, -0.15) is 10.2 Å². The molecule has 1 atom stereocenters. The molecule has 0 amide bonds. The summed E-state index contributed by atoms with van der Waals surface area (Å²) in [6.45, 7) is 3.01. The molecule has 0 unspecified atom stereocenters. The van der Waals surface area contributed by atoms with E-state index in [0.29, 0.717) is 40.2 Å². The molecule has 0 saturated heterocycles. The zero-order chi connectivity index (χ0) is 24.1. The maximum Gasteiger partial charge on any atom is 0.257 e. The summed E-state index contributed by atoms with van der Waals surface area (Å²) in [6, 6.07) is 6.15. The molecule has 4 aromatic rings. The number of nitrogens with zero attached hydrogens (tertiary/aromatic N) is 5. The first-order valence-electron chi connectivity index (χ1n) is 10.8. The van der Waals surface area contributed by atoms with Crippen LogP contribution < -0.4 is 10.5 Å². The fourth-order valence-corrected chi connectivity index (χ4v) is 4.52. The van der Waals surface area contributed by atoms with Gasteiger partial charge in [0.15, 0.2) is 11.6 Å². The molecule has 0 saturated carbocycles. The van der Waals surface area contributed by atoms with E-state index < -0.39 is 24.9 Å². The molecule has 176 valence electrons. The number of nitrogens with two attached hydrogens (primary N) is 1. The summed E-state index contributed by atoms with van der Waals surface area (Å²) in [5, 5.41) is 9.05. The summed E-state index contributed by atoms with van der Waals surface area (Å²) in [5.74, 6) is 0.0165. The van der Waals surface area contributed by atoms with Crippen molar-refractivity contribution in [1.29, 1.82) is 0 Å². The number of halogens is 3. The molecule has 34 heavy (non-hydrogen) atoms. The molecule has 5 rings (SSSR count). The van der Waals surface area contributed by atoms with Crippen molar-refractivity contribution in [2.45, 2.75) is 39.3 Å². The maximum absolute atomic E-state index is 14.3. The number of pyridine rings is 1. The lowest BCUT2D eigenvalue weighted by atomic mass is 9.94. The molecule has 1 aromatic carbocycles. The number of alkyl halides is 2. The minimum absolute atomic E-state index is 0.141. The zero-order valence-electron chi connectivity index (χ0n) is 18.9. The number of fused-ring (bicyclic) bond motifs is 7. The first kappa shape index (κ1) is 22.0. The van der Waals surface area contributed by atoms with Crippen LogP contribution in [0, 0.1) is 12.7 Å². The van der Waals surface area contributed by atoms with Gasteiger partial charge < -0.3 is 10.5 Å². The van der Waals surface area contributed by atoms with Crippen LogP contribution in [0.1, 0.15) is 35.4 Å². The standard InChI is InChI=1S/C24H23F3N6O/c1-12-18-6-15-10-32(3)31-22(15)17-5-4-16(25)8-19(17)13(2)34-20-7-14(9-29-24(20)28)23(18)33(30-12)11-21(26)27/h4-5,7-10,13,21H,6,11H2,1-3H3,(H2,28,29)/t13-/m1/s1. The molecule has 2 bridgehead atoms. The normalized spacial score (nSPS) is 15.1. The summed E-state index contributed by atoms with van der Waals surface area (Å²) < 4.78 is 50.2. The van der Waals surface area contributed by atoms with E-state index in [9.17, 15) is 13.2 Å². The lowest BCUT2D eigenvalue weighted by Gasteiger charge is -2.21. The Morgan fingerprint density at radius 1 is 1.24 bits per heavy atom. The van der Waals surface area contributed by atoms with Crippen molar-refractivity contribution < 1.29 is 17.9 Å². The second-order valence-electron chi connectivity index (χ2n) is 8.44. The summed E-state index contributed by atoms with van der Waals surface area (Å²) in [7, 11) is 1.80. The molecule has 0 fully saturated rings. The number of benzene rings is 1. The van der Waals surface area contributed by atoms with Crippen molar-refractivity contribution in [3.05, 3.63) is 64.9 Å². The van der Waals surface area contributed by atoms with Gasteiger partial charge >= 0.3 is 0 Å². The lowest BCUT2D eigenvalue weighted by Crippen LogP contribution is -2.12.